The van der Waals surface area contributed by atoms with Gasteiger partial charge < -0.3 is 14.0 Å². The third-order valence-electron chi connectivity index (χ3n) is 4.92. The van der Waals surface area contributed by atoms with Crippen LogP contribution in [0.15, 0.2) is 59.7 Å². The van der Waals surface area contributed by atoms with Gasteiger partial charge in [0.2, 0.25) is 0 Å². The number of benzene rings is 2. The molecule has 0 aliphatic rings. The zero-order valence-corrected chi connectivity index (χ0v) is 19.0. The first kappa shape index (κ1) is 24.2. The first-order chi connectivity index (χ1) is 16.3. The van der Waals surface area contributed by atoms with Crippen molar-refractivity contribution in [3.8, 4) is 11.4 Å². The van der Waals surface area contributed by atoms with Crippen molar-refractivity contribution in [3.05, 3.63) is 87.2 Å². The third kappa shape index (κ3) is 5.66. The topological polar surface area (TPSA) is 125 Å². The minimum atomic E-state index is -0.578. The molecule has 0 fully saturated rings. The molecule has 0 spiro atoms. The predicted octanol–water partition coefficient (Wildman–Crippen LogP) is 3.71. The van der Waals surface area contributed by atoms with E-state index in [4.69, 9.17) is 9.47 Å². The number of hydrogen-bond acceptors (Lipinski definition) is 7. The SMILES string of the molecule is CCOC(=O)c1ccc(-n2c(C)cc(/C=N/NC(=O)COc3ccccc3[N+](=O)[O-])c2C)cc1. The summed E-state index contributed by atoms with van der Waals surface area (Å²) in [6.45, 7) is 5.49. The summed E-state index contributed by atoms with van der Waals surface area (Å²) in [4.78, 5) is 34.3. The molecule has 1 heterocycles. The van der Waals surface area contributed by atoms with Gasteiger partial charge in [0.25, 0.3) is 5.91 Å². The van der Waals surface area contributed by atoms with Crippen LogP contribution in [0.4, 0.5) is 5.69 Å². The molecule has 1 aromatic heterocycles. The number of ether oxygens (including phenoxy) is 2. The Labute approximate surface area is 196 Å². The number of amides is 1. The van der Waals surface area contributed by atoms with Crippen LogP contribution < -0.4 is 10.2 Å². The molecule has 3 rings (SSSR count). The largest absolute Gasteiger partial charge is 0.477 e. The van der Waals surface area contributed by atoms with Crippen molar-refractivity contribution in [1.29, 1.82) is 0 Å². The number of carbonyl (C=O) groups excluding carboxylic acids is 2. The molecule has 10 heteroatoms. The lowest BCUT2D eigenvalue weighted by Gasteiger charge is -2.10. The van der Waals surface area contributed by atoms with Crippen molar-refractivity contribution in [1.82, 2.24) is 9.99 Å². The summed E-state index contributed by atoms with van der Waals surface area (Å²) in [5, 5.41) is 15.0. The van der Waals surface area contributed by atoms with Crippen molar-refractivity contribution >= 4 is 23.8 Å². The fourth-order valence-electron chi connectivity index (χ4n) is 3.36. The van der Waals surface area contributed by atoms with Crippen molar-refractivity contribution in [3.63, 3.8) is 0 Å². The zero-order valence-electron chi connectivity index (χ0n) is 19.0. The molecule has 0 radical (unpaired) electrons. The maximum atomic E-state index is 12.0. The molecule has 3 aromatic rings. The maximum Gasteiger partial charge on any atom is 0.338 e. The molecule has 0 atom stereocenters. The second kappa shape index (κ2) is 10.9. The Kier molecular flexibility index (Phi) is 7.75. The molecular weight excluding hydrogens is 440 g/mol. The normalized spacial score (nSPS) is 10.8. The van der Waals surface area contributed by atoms with E-state index >= 15 is 0 Å². The molecular formula is C24H24N4O6. The van der Waals surface area contributed by atoms with Gasteiger partial charge in [0.1, 0.15) is 0 Å². The van der Waals surface area contributed by atoms with Gasteiger partial charge in [-0.1, -0.05) is 12.1 Å². The highest BCUT2D eigenvalue weighted by Crippen LogP contribution is 2.25. The molecule has 0 saturated heterocycles. The van der Waals surface area contributed by atoms with Gasteiger partial charge in [0, 0.05) is 28.7 Å². The molecule has 0 saturated carbocycles. The fourth-order valence-corrected chi connectivity index (χ4v) is 3.36. The molecule has 0 unspecified atom stereocenters. The quantitative estimate of drug-likeness (QED) is 0.223. The second-order valence-electron chi connectivity index (χ2n) is 7.24. The number of para-hydroxylation sites is 2. The number of aryl methyl sites for hydroxylation is 1. The summed E-state index contributed by atoms with van der Waals surface area (Å²) in [5.74, 6) is -0.925. The van der Waals surface area contributed by atoms with Crippen molar-refractivity contribution in [2.75, 3.05) is 13.2 Å². The van der Waals surface area contributed by atoms with E-state index < -0.39 is 17.4 Å². The van der Waals surface area contributed by atoms with Crippen LogP contribution in [-0.4, -0.2) is 40.8 Å². The summed E-state index contributed by atoms with van der Waals surface area (Å²) in [6.07, 6.45) is 1.51. The highest BCUT2D eigenvalue weighted by molar-refractivity contribution is 5.89. The van der Waals surface area contributed by atoms with Crippen molar-refractivity contribution < 1.29 is 24.0 Å². The van der Waals surface area contributed by atoms with Crippen LogP contribution in [0.25, 0.3) is 5.69 Å². The van der Waals surface area contributed by atoms with Crippen LogP contribution in [0, 0.1) is 24.0 Å². The van der Waals surface area contributed by atoms with Gasteiger partial charge in [0.05, 0.1) is 23.3 Å². The van der Waals surface area contributed by atoms with Crippen LogP contribution in [0.2, 0.25) is 0 Å². The first-order valence-electron chi connectivity index (χ1n) is 10.5. The van der Waals surface area contributed by atoms with Gasteiger partial charge in [-0.15, -0.1) is 0 Å². The van der Waals surface area contributed by atoms with Gasteiger partial charge in [0.15, 0.2) is 12.4 Å². The zero-order chi connectivity index (χ0) is 24.7. The number of hydrazone groups is 1. The highest BCUT2D eigenvalue weighted by atomic mass is 16.6. The van der Waals surface area contributed by atoms with Gasteiger partial charge >= 0.3 is 11.7 Å². The minimum absolute atomic E-state index is 0.00384. The molecule has 0 aliphatic heterocycles. The number of aromatic nitrogens is 1. The van der Waals surface area contributed by atoms with E-state index in [1.807, 2.05) is 36.6 Å². The van der Waals surface area contributed by atoms with Gasteiger partial charge in [-0.3, -0.25) is 14.9 Å². The number of esters is 1. The van der Waals surface area contributed by atoms with E-state index in [-0.39, 0.29) is 17.4 Å². The van der Waals surface area contributed by atoms with Crippen LogP contribution in [0.5, 0.6) is 5.75 Å². The lowest BCUT2D eigenvalue weighted by atomic mass is 10.2. The van der Waals surface area contributed by atoms with E-state index in [9.17, 15) is 19.7 Å². The summed E-state index contributed by atoms with van der Waals surface area (Å²) in [5.41, 5.74) is 6.08. The second-order valence-corrected chi connectivity index (χ2v) is 7.24. The standard InChI is InChI=1S/C24H24N4O6/c1-4-33-24(30)18-9-11-20(12-10-18)27-16(2)13-19(17(27)3)14-25-26-23(29)15-34-22-8-6-5-7-21(22)28(31)32/h5-14H,4,15H2,1-3H3,(H,26,29)/b25-14+. The number of nitrogens with one attached hydrogen (secondary N) is 1. The Morgan fingerprint density at radius 2 is 1.85 bits per heavy atom. The molecule has 10 nitrogen and oxygen atoms in total. The lowest BCUT2D eigenvalue weighted by molar-refractivity contribution is -0.385. The molecule has 176 valence electrons. The molecule has 1 amide bonds. The lowest BCUT2D eigenvalue weighted by Crippen LogP contribution is -2.24. The van der Waals surface area contributed by atoms with E-state index in [1.165, 1.54) is 24.4 Å². The van der Waals surface area contributed by atoms with Crippen LogP contribution in [0.1, 0.15) is 34.2 Å². The van der Waals surface area contributed by atoms with Crippen LogP contribution in [0.3, 0.4) is 0 Å². The average molecular weight is 464 g/mol. The number of hydrogen-bond donors (Lipinski definition) is 1. The number of nitrogens with zero attached hydrogens (tertiary/aromatic N) is 3. The Hall–Kier alpha value is -4.47. The van der Waals surface area contributed by atoms with Crippen molar-refractivity contribution in [2.24, 2.45) is 5.10 Å². The molecule has 0 bridgehead atoms. The smallest absolute Gasteiger partial charge is 0.338 e. The minimum Gasteiger partial charge on any atom is -0.477 e. The number of nitro groups is 1. The summed E-state index contributed by atoms with van der Waals surface area (Å²) >= 11 is 0. The average Bonchev–Trinajstić information content (AvgIpc) is 3.10. The Balaban J connectivity index is 1.64. The number of rotatable bonds is 9. The summed E-state index contributed by atoms with van der Waals surface area (Å²) in [7, 11) is 0. The fraction of sp³-hybridized carbons (Fsp3) is 0.208. The highest BCUT2D eigenvalue weighted by Gasteiger charge is 2.15. The first-order valence-corrected chi connectivity index (χ1v) is 10.5. The molecule has 0 aliphatic carbocycles. The van der Waals surface area contributed by atoms with Crippen molar-refractivity contribution in [2.45, 2.75) is 20.8 Å². The predicted molar refractivity (Wildman–Crippen MR) is 126 cm³/mol. The molecule has 34 heavy (non-hydrogen) atoms. The Bertz CT molecular complexity index is 1230. The van der Waals surface area contributed by atoms with E-state index in [0.717, 1.165) is 22.6 Å². The van der Waals surface area contributed by atoms with E-state index in [1.54, 1.807) is 25.1 Å². The maximum absolute atomic E-state index is 12.0. The Morgan fingerprint density at radius 1 is 1.15 bits per heavy atom. The third-order valence-corrected chi connectivity index (χ3v) is 4.92. The summed E-state index contributed by atoms with van der Waals surface area (Å²) < 4.78 is 12.3. The van der Waals surface area contributed by atoms with Gasteiger partial charge in [-0.05, 0) is 57.2 Å². The Morgan fingerprint density at radius 3 is 2.53 bits per heavy atom. The van der Waals surface area contributed by atoms with Crippen LogP contribution in [-0.2, 0) is 9.53 Å². The van der Waals surface area contributed by atoms with Crippen LogP contribution >= 0.6 is 0 Å². The molecule has 1 N–H and O–H groups in total. The van der Waals surface area contributed by atoms with E-state index in [2.05, 4.69) is 10.5 Å². The summed E-state index contributed by atoms with van der Waals surface area (Å²) in [6, 6.07) is 14.8. The number of carbonyl (C=O) groups is 2. The monoisotopic (exact) mass is 464 g/mol. The van der Waals surface area contributed by atoms with Gasteiger partial charge in [-0.2, -0.15) is 5.10 Å². The van der Waals surface area contributed by atoms with E-state index in [0.29, 0.717) is 12.2 Å². The molecule has 2 aromatic carbocycles. The number of nitro benzene ring substituents is 1. The van der Waals surface area contributed by atoms with Gasteiger partial charge in [-0.25, -0.2) is 10.2 Å².